The molecule has 174 valence electrons. The summed E-state index contributed by atoms with van der Waals surface area (Å²) >= 11 is 7.78. The van der Waals surface area contributed by atoms with Crippen molar-refractivity contribution in [3.8, 4) is 10.6 Å². The molecule has 4 heterocycles. The van der Waals surface area contributed by atoms with Gasteiger partial charge in [0.1, 0.15) is 6.61 Å². The number of carbonyl (C=O) groups is 3. The van der Waals surface area contributed by atoms with Gasteiger partial charge < -0.3 is 10.1 Å². The summed E-state index contributed by atoms with van der Waals surface area (Å²) in [5.74, 6) is -0.463. The van der Waals surface area contributed by atoms with Crippen LogP contribution in [0.1, 0.15) is 35.4 Å². The first-order valence-electron chi connectivity index (χ1n) is 11.2. The van der Waals surface area contributed by atoms with Crippen molar-refractivity contribution in [3.05, 3.63) is 35.6 Å². The van der Waals surface area contributed by atoms with Gasteiger partial charge in [-0.05, 0) is 25.0 Å². The number of Topliss-reactive ketones (excluding diaryl/α,β-unsaturated/α-hetero) is 2. The fourth-order valence-electron chi connectivity index (χ4n) is 5.27. The van der Waals surface area contributed by atoms with E-state index >= 15 is 0 Å². The first-order chi connectivity index (χ1) is 16.0. The first-order valence-corrected chi connectivity index (χ1v) is 12.5. The molecule has 0 aromatic carbocycles. The van der Waals surface area contributed by atoms with Crippen LogP contribution in [0.4, 0.5) is 0 Å². The number of alkyl halides is 1. The molecule has 3 aliphatic rings. The van der Waals surface area contributed by atoms with Gasteiger partial charge in [0.25, 0.3) is 5.91 Å². The highest BCUT2D eigenvalue weighted by Gasteiger charge is 2.53. The van der Waals surface area contributed by atoms with Gasteiger partial charge >= 0.3 is 0 Å². The minimum absolute atomic E-state index is 0.000285. The van der Waals surface area contributed by atoms with E-state index < -0.39 is 0 Å². The van der Waals surface area contributed by atoms with Crippen LogP contribution in [0.3, 0.4) is 0 Å². The van der Waals surface area contributed by atoms with E-state index in [-0.39, 0.29) is 60.1 Å². The molecule has 3 fully saturated rings. The second kappa shape index (κ2) is 9.58. The first kappa shape index (κ1) is 22.6. The number of hydrogen-bond donors (Lipinski definition) is 1. The Labute approximate surface area is 200 Å². The van der Waals surface area contributed by atoms with Gasteiger partial charge in [-0.3, -0.25) is 29.3 Å². The predicted molar refractivity (Wildman–Crippen MR) is 123 cm³/mol. The Hall–Kier alpha value is -2.20. The van der Waals surface area contributed by atoms with Gasteiger partial charge in [-0.15, -0.1) is 22.9 Å². The van der Waals surface area contributed by atoms with Crippen molar-refractivity contribution in [1.82, 2.24) is 20.2 Å². The number of amides is 1. The average molecular weight is 489 g/mol. The predicted octanol–water partition coefficient (Wildman–Crippen LogP) is 2.32. The molecule has 0 radical (unpaired) electrons. The van der Waals surface area contributed by atoms with Crippen molar-refractivity contribution in [3.63, 3.8) is 0 Å². The number of aromatic nitrogens is 2. The minimum Gasteiger partial charge on any atom is -0.367 e. The molecule has 8 nitrogen and oxygen atoms in total. The number of likely N-dealkylation sites (tertiary alicyclic amines) is 1. The van der Waals surface area contributed by atoms with Crippen LogP contribution >= 0.6 is 22.9 Å². The quantitative estimate of drug-likeness (QED) is 0.622. The van der Waals surface area contributed by atoms with E-state index in [0.717, 1.165) is 30.6 Å². The second-order valence-corrected chi connectivity index (χ2v) is 10.4. The molecule has 2 unspecified atom stereocenters. The molecular formula is C23H25ClN4O4S. The summed E-state index contributed by atoms with van der Waals surface area (Å²) in [6, 6.07) is 3.16. The van der Waals surface area contributed by atoms with Gasteiger partial charge in [-0.2, -0.15) is 0 Å². The number of nitrogens with zero attached hydrogens (tertiary/aromatic N) is 3. The zero-order valence-corrected chi connectivity index (χ0v) is 19.6. The number of carbonyl (C=O) groups excluding carboxylic acids is 3. The van der Waals surface area contributed by atoms with E-state index in [2.05, 4.69) is 20.2 Å². The van der Waals surface area contributed by atoms with Gasteiger partial charge in [0.05, 0.1) is 45.7 Å². The third-order valence-corrected chi connectivity index (χ3v) is 8.29. The fourth-order valence-corrected chi connectivity index (χ4v) is 6.52. The van der Waals surface area contributed by atoms with Gasteiger partial charge in [0, 0.05) is 30.9 Å². The number of halogens is 1. The van der Waals surface area contributed by atoms with Crippen molar-refractivity contribution < 1.29 is 19.1 Å². The van der Waals surface area contributed by atoms with E-state index in [1.165, 1.54) is 11.3 Å². The zero-order valence-electron chi connectivity index (χ0n) is 18.0. The summed E-state index contributed by atoms with van der Waals surface area (Å²) in [6.45, 7) is 0.604. The van der Waals surface area contributed by atoms with Gasteiger partial charge in [0.2, 0.25) is 0 Å². The summed E-state index contributed by atoms with van der Waals surface area (Å²) in [4.78, 5) is 50.1. The van der Waals surface area contributed by atoms with Crippen LogP contribution in [0.15, 0.2) is 30.7 Å². The summed E-state index contributed by atoms with van der Waals surface area (Å²) in [7, 11) is 0. The summed E-state index contributed by atoms with van der Waals surface area (Å²) in [6.07, 6.45) is 8.13. The Morgan fingerprint density at radius 2 is 2.09 bits per heavy atom. The Balaban J connectivity index is 1.23. The molecular weight excluding hydrogens is 464 g/mol. The number of rotatable bonds is 6. The highest BCUT2D eigenvalue weighted by Crippen LogP contribution is 2.38. The monoisotopic (exact) mass is 488 g/mol. The molecule has 2 aliphatic heterocycles. The molecule has 1 amide bonds. The topological polar surface area (TPSA) is 101 Å². The normalized spacial score (nSPS) is 29.7. The van der Waals surface area contributed by atoms with Gasteiger partial charge in [0.15, 0.2) is 11.6 Å². The molecule has 2 aromatic heterocycles. The highest BCUT2D eigenvalue weighted by molar-refractivity contribution is 7.17. The largest absolute Gasteiger partial charge is 0.367 e. The van der Waals surface area contributed by atoms with Crippen LogP contribution in [-0.2, 0) is 14.3 Å². The smallest absolute Gasteiger partial charge is 0.261 e. The lowest BCUT2D eigenvalue weighted by atomic mass is 9.80. The molecule has 33 heavy (non-hydrogen) atoms. The second-order valence-electron chi connectivity index (χ2n) is 8.76. The number of fused-ring (bicyclic) bond motifs is 1. The Morgan fingerprint density at radius 1 is 1.24 bits per heavy atom. The molecule has 2 aromatic rings. The fraction of sp³-hybridized carbons (Fsp3) is 0.522. The minimum atomic E-state index is -0.355. The van der Waals surface area contributed by atoms with Crippen LogP contribution in [0.25, 0.3) is 10.6 Å². The van der Waals surface area contributed by atoms with Crippen LogP contribution in [0, 0.1) is 5.92 Å². The van der Waals surface area contributed by atoms with Crippen LogP contribution in [0.5, 0.6) is 0 Å². The van der Waals surface area contributed by atoms with E-state index in [1.807, 2.05) is 6.07 Å². The molecule has 5 atom stereocenters. The number of hydrogen-bond acceptors (Lipinski definition) is 8. The maximum Gasteiger partial charge on any atom is 0.261 e. The van der Waals surface area contributed by atoms with E-state index in [9.17, 15) is 14.4 Å². The molecule has 2 saturated heterocycles. The highest BCUT2D eigenvalue weighted by atomic mass is 35.5. The Kier molecular flexibility index (Phi) is 6.56. The Bertz CT molecular complexity index is 1050. The molecule has 1 N–H and O–H groups in total. The van der Waals surface area contributed by atoms with Crippen LogP contribution in [-0.4, -0.2) is 75.6 Å². The van der Waals surface area contributed by atoms with E-state index in [4.69, 9.17) is 16.3 Å². The molecule has 5 rings (SSSR count). The van der Waals surface area contributed by atoms with Gasteiger partial charge in [-0.25, -0.2) is 0 Å². The molecule has 10 heteroatoms. The maximum absolute atomic E-state index is 13.2. The summed E-state index contributed by atoms with van der Waals surface area (Å²) in [5.41, 5.74) is 0.703. The average Bonchev–Trinajstić information content (AvgIpc) is 3.56. The van der Waals surface area contributed by atoms with Crippen molar-refractivity contribution >= 4 is 40.4 Å². The standard InChI is InChI=1S/C23H25ClN4O4S/c24-14-11-28(21-18(30)12-32-22(14)21)16-4-2-1-3-13(16)17(29)10-27-23(31)20-6-5-19(33-20)15-9-25-7-8-26-15/h5-9,13-14,16,21-22H,1-4,10-12H2,(H,27,31)/t13?,14-,16?,21+,22+/m0/s1. The number of ketones is 2. The molecule has 0 spiro atoms. The van der Waals surface area contributed by atoms with Gasteiger partial charge in [-0.1, -0.05) is 12.8 Å². The molecule has 1 saturated carbocycles. The van der Waals surface area contributed by atoms with Crippen molar-refractivity contribution in [2.24, 2.45) is 5.92 Å². The number of ether oxygens (including phenoxy) is 1. The summed E-state index contributed by atoms with van der Waals surface area (Å²) in [5, 5.41) is 2.54. The SMILES string of the molecule is O=C(NCC(=O)C1CCCCC1N1C[C@H](Cl)[C@H]2OCC(=O)[C@H]21)c1ccc(-c2cnccn2)s1. The van der Waals surface area contributed by atoms with Crippen molar-refractivity contribution in [1.29, 1.82) is 0 Å². The van der Waals surface area contributed by atoms with Crippen molar-refractivity contribution in [2.75, 3.05) is 19.7 Å². The number of thiophene rings is 1. The zero-order chi connectivity index (χ0) is 22.9. The van der Waals surface area contributed by atoms with E-state index in [1.54, 1.807) is 24.7 Å². The maximum atomic E-state index is 13.2. The Morgan fingerprint density at radius 3 is 2.91 bits per heavy atom. The number of nitrogens with one attached hydrogen (secondary N) is 1. The van der Waals surface area contributed by atoms with E-state index in [0.29, 0.717) is 17.1 Å². The molecule has 1 aliphatic carbocycles. The third-order valence-electron chi connectivity index (χ3n) is 6.80. The van der Waals surface area contributed by atoms with Crippen molar-refractivity contribution in [2.45, 2.75) is 49.2 Å². The lowest BCUT2D eigenvalue weighted by Crippen LogP contribution is -2.52. The molecule has 0 bridgehead atoms. The van der Waals surface area contributed by atoms with Crippen LogP contribution in [0.2, 0.25) is 0 Å². The summed E-state index contributed by atoms with van der Waals surface area (Å²) < 4.78 is 5.61. The third kappa shape index (κ3) is 4.47. The van der Waals surface area contributed by atoms with Crippen LogP contribution < -0.4 is 5.32 Å². The lowest BCUT2D eigenvalue weighted by molar-refractivity contribution is -0.128. The lowest BCUT2D eigenvalue weighted by Gasteiger charge is -2.39.